The van der Waals surface area contributed by atoms with E-state index in [0.717, 1.165) is 0 Å². The standard InChI is InChI=1S/C10H20N2O5S2/c11-7(9(14)15)2-4-18-19-6(1-3-13)5-8(12)10(16)17/h6-8,13H,1-5,11-12H2,(H,14,15)(H,16,17)/t6?,7-,8-/m0/s1. The number of hydrogen-bond acceptors (Lipinski definition) is 7. The number of aliphatic carboxylic acids is 2. The average Bonchev–Trinajstić information content (AvgIpc) is 2.33. The van der Waals surface area contributed by atoms with Crippen molar-refractivity contribution in [3.63, 3.8) is 0 Å². The first-order valence-electron chi connectivity index (χ1n) is 5.74. The van der Waals surface area contributed by atoms with Crippen LogP contribution in [0.25, 0.3) is 0 Å². The Bertz CT molecular complexity index is 293. The fraction of sp³-hybridized carbons (Fsp3) is 0.800. The van der Waals surface area contributed by atoms with Crippen molar-refractivity contribution in [3.8, 4) is 0 Å². The van der Waals surface area contributed by atoms with E-state index in [1.807, 2.05) is 0 Å². The Morgan fingerprint density at radius 1 is 1.05 bits per heavy atom. The van der Waals surface area contributed by atoms with E-state index in [2.05, 4.69) is 0 Å². The monoisotopic (exact) mass is 312 g/mol. The van der Waals surface area contributed by atoms with Crippen LogP contribution >= 0.6 is 21.6 Å². The van der Waals surface area contributed by atoms with Crippen LogP contribution in [0.1, 0.15) is 19.3 Å². The highest BCUT2D eigenvalue weighted by Gasteiger charge is 2.19. The molecule has 0 rings (SSSR count). The minimum absolute atomic E-state index is 0.0425. The zero-order chi connectivity index (χ0) is 14.8. The van der Waals surface area contributed by atoms with Crippen molar-refractivity contribution in [3.05, 3.63) is 0 Å². The lowest BCUT2D eigenvalue weighted by atomic mass is 10.1. The minimum atomic E-state index is -1.07. The largest absolute Gasteiger partial charge is 0.480 e. The maximum Gasteiger partial charge on any atom is 0.320 e. The fourth-order valence-corrected chi connectivity index (χ4v) is 3.98. The molecule has 112 valence electrons. The van der Waals surface area contributed by atoms with Crippen LogP contribution < -0.4 is 11.5 Å². The first-order valence-corrected chi connectivity index (χ1v) is 8.12. The van der Waals surface area contributed by atoms with Gasteiger partial charge < -0.3 is 26.8 Å². The van der Waals surface area contributed by atoms with Crippen LogP contribution in [-0.2, 0) is 9.59 Å². The lowest BCUT2D eigenvalue weighted by Crippen LogP contribution is -2.33. The molecule has 0 aromatic heterocycles. The van der Waals surface area contributed by atoms with E-state index in [0.29, 0.717) is 18.6 Å². The number of aliphatic hydroxyl groups is 1. The highest BCUT2D eigenvalue weighted by Crippen LogP contribution is 2.32. The topological polar surface area (TPSA) is 147 Å². The van der Waals surface area contributed by atoms with Gasteiger partial charge in [-0.15, -0.1) is 0 Å². The van der Waals surface area contributed by atoms with E-state index in [9.17, 15) is 9.59 Å². The van der Waals surface area contributed by atoms with Gasteiger partial charge in [0.25, 0.3) is 0 Å². The molecule has 0 aromatic rings. The third-order valence-electron chi connectivity index (χ3n) is 2.32. The van der Waals surface area contributed by atoms with Crippen LogP contribution in [-0.4, -0.2) is 57.0 Å². The zero-order valence-electron chi connectivity index (χ0n) is 10.4. The maximum atomic E-state index is 10.6. The Balaban J connectivity index is 3.94. The Kier molecular flexibility index (Phi) is 10.1. The molecule has 0 fully saturated rings. The second kappa shape index (κ2) is 10.3. The van der Waals surface area contributed by atoms with Crippen LogP contribution in [0.2, 0.25) is 0 Å². The summed E-state index contributed by atoms with van der Waals surface area (Å²) < 4.78 is 0. The molecule has 0 aliphatic heterocycles. The molecule has 0 aliphatic carbocycles. The lowest BCUT2D eigenvalue weighted by Gasteiger charge is -2.17. The van der Waals surface area contributed by atoms with Crippen LogP contribution in [0.3, 0.4) is 0 Å². The summed E-state index contributed by atoms with van der Waals surface area (Å²) in [5, 5.41) is 26.1. The normalized spacial score (nSPS) is 15.7. The van der Waals surface area contributed by atoms with Gasteiger partial charge in [-0.3, -0.25) is 9.59 Å². The van der Waals surface area contributed by atoms with E-state index < -0.39 is 24.0 Å². The molecule has 7 nitrogen and oxygen atoms in total. The molecule has 0 aliphatic rings. The molecular formula is C10H20N2O5S2. The number of hydrogen-bond donors (Lipinski definition) is 5. The second-order valence-corrected chi connectivity index (χ2v) is 6.75. The van der Waals surface area contributed by atoms with E-state index in [4.69, 9.17) is 26.8 Å². The van der Waals surface area contributed by atoms with Crippen molar-refractivity contribution in [1.82, 2.24) is 0 Å². The van der Waals surface area contributed by atoms with Gasteiger partial charge in [0.05, 0.1) is 0 Å². The lowest BCUT2D eigenvalue weighted by molar-refractivity contribution is -0.139. The van der Waals surface area contributed by atoms with Crippen molar-refractivity contribution in [2.75, 3.05) is 12.4 Å². The van der Waals surface area contributed by atoms with Gasteiger partial charge >= 0.3 is 11.9 Å². The number of carbonyl (C=O) groups is 2. The number of nitrogens with two attached hydrogens (primary N) is 2. The van der Waals surface area contributed by atoms with Gasteiger partial charge in [0.2, 0.25) is 0 Å². The van der Waals surface area contributed by atoms with Gasteiger partial charge in [0.1, 0.15) is 12.1 Å². The van der Waals surface area contributed by atoms with Crippen LogP contribution in [0.5, 0.6) is 0 Å². The van der Waals surface area contributed by atoms with Crippen molar-refractivity contribution in [2.24, 2.45) is 11.5 Å². The molecule has 7 N–H and O–H groups in total. The summed E-state index contributed by atoms with van der Waals surface area (Å²) in [4.78, 5) is 21.1. The van der Waals surface area contributed by atoms with Gasteiger partial charge in [-0.25, -0.2) is 0 Å². The van der Waals surface area contributed by atoms with Gasteiger partial charge in [-0.2, -0.15) is 0 Å². The van der Waals surface area contributed by atoms with Crippen molar-refractivity contribution in [2.45, 2.75) is 36.6 Å². The molecule has 0 spiro atoms. The van der Waals surface area contributed by atoms with Crippen molar-refractivity contribution < 1.29 is 24.9 Å². The molecule has 0 saturated heterocycles. The molecule has 19 heavy (non-hydrogen) atoms. The van der Waals surface area contributed by atoms with Crippen molar-refractivity contribution in [1.29, 1.82) is 0 Å². The van der Waals surface area contributed by atoms with E-state index >= 15 is 0 Å². The highest BCUT2D eigenvalue weighted by atomic mass is 33.1. The Morgan fingerprint density at radius 3 is 2.11 bits per heavy atom. The first kappa shape index (κ1) is 18.5. The fourth-order valence-electron chi connectivity index (χ4n) is 1.18. The molecule has 0 radical (unpaired) electrons. The van der Waals surface area contributed by atoms with Gasteiger partial charge in [-0.1, -0.05) is 21.6 Å². The number of aliphatic hydroxyl groups excluding tert-OH is 1. The van der Waals surface area contributed by atoms with Crippen molar-refractivity contribution >= 4 is 33.5 Å². The SMILES string of the molecule is N[C@@H](CCSSC(CCO)C[C@H](N)C(=O)O)C(=O)O. The molecular weight excluding hydrogens is 292 g/mol. The number of carboxylic acid groups (broad SMARTS) is 2. The molecule has 1 unspecified atom stereocenters. The molecule has 9 heteroatoms. The third kappa shape index (κ3) is 9.11. The van der Waals surface area contributed by atoms with E-state index in [1.165, 1.54) is 21.6 Å². The predicted octanol–water partition coefficient (Wildman–Crippen LogP) is -0.277. The summed E-state index contributed by atoms with van der Waals surface area (Å²) in [5.74, 6) is -1.56. The third-order valence-corrected chi connectivity index (χ3v) is 5.28. The molecule has 0 bridgehead atoms. The number of rotatable bonds is 11. The molecule has 0 aromatic carbocycles. The summed E-state index contributed by atoms with van der Waals surface area (Å²) in [6, 6.07) is -1.84. The first-order chi connectivity index (χ1) is 8.88. The van der Waals surface area contributed by atoms with Crippen LogP contribution in [0.15, 0.2) is 0 Å². The molecule has 0 amide bonds. The van der Waals surface area contributed by atoms with Crippen LogP contribution in [0.4, 0.5) is 0 Å². The molecule has 0 heterocycles. The maximum absolute atomic E-state index is 10.6. The number of carboxylic acids is 2. The smallest absolute Gasteiger partial charge is 0.320 e. The quantitative estimate of drug-likeness (QED) is 0.257. The average molecular weight is 312 g/mol. The van der Waals surface area contributed by atoms with Gasteiger partial charge in [-0.05, 0) is 19.3 Å². The zero-order valence-corrected chi connectivity index (χ0v) is 12.0. The second-order valence-electron chi connectivity index (χ2n) is 3.97. The van der Waals surface area contributed by atoms with Gasteiger partial charge in [0.15, 0.2) is 0 Å². The summed E-state index contributed by atoms with van der Waals surface area (Å²) in [6.45, 7) is -0.0425. The molecule has 3 atom stereocenters. The van der Waals surface area contributed by atoms with Gasteiger partial charge in [0, 0.05) is 17.6 Å². The Morgan fingerprint density at radius 2 is 1.63 bits per heavy atom. The Labute approximate surface area is 119 Å². The summed E-state index contributed by atoms with van der Waals surface area (Å²) in [5.41, 5.74) is 10.8. The predicted molar refractivity (Wildman–Crippen MR) is 76.0 cm³/mol. The van der Waals surface area contributed by atoms with Crippen LogP contribution in [0, 0.1) is 0 Å². The van der Waals surface area contributed by atoms with E-state index in [-0.39, 0.29) is 18.3 Å². The Hall–Kier alpha value is -0.480. The summed E-state index contributed by atoms with van der Waals surface area (Å²) in [6.07, 6.45) is 1.05. The minimum Gasteiger partial charge on any atom is -0.480 e. The highest BCUT2D eigenvalue weighted by molar-refractivity contribution is 8.76. The summed E-state index contributed by atoms with van der Waals surface area (Å²) in [7, 11) is 2.82. The summed E-state index contributed by atoms with van der Waals surface area (Å²) >= 11 is 0. The molecule has 0 saturated carbocycles. The van der Waals surface area contributed by atoms with E-state index in [1.54, 1.807) is 0 Å².